The van der Waals surface area contributed by atoms with Gasteiger partial charge in [-0.2, -0.15) is 0 Å². The summed E-state index contributed by atoms with van der Waals surface area (Å²) in [5.74, 6) is 0.740. The molecule has 1 N–H and O–H groups in total. The lowest BCUT2D eigenvalue weighted by molar-refractivity contribution is 0.0827. The molecule has 0 saturated carbocycles. The molecule has 5 nitrogen and oxygen atoms in total. The maximum Gasteiger partial charge on any atom is 0.253 e. The molecule has 0 aliphatic carbocycles. The van der Waals surface area contributed by atoms with E-state index in [-0.39, 0.29) is 11.9 Å². The summed E-state index contributed by atoms with van der Waals surface area (Å²) in [5.41, 5.74) is 3.58. The Morgan fingerprint density at radius 2 is 2.04 bits per heavy atom. The van der Waals surface area contributed by atoms with Crippen LogP contribution in [0.25, 0.3) is 0 Å². The highest BCUT2D eigenvalue weighted by molar-refractivity contribution is 5.96. The normalized spacial score (nSPS) is 11.7. The third-order valence-electron chi connectivity index (χ3n) is 3.76. The van der Waals surface area contributed by atoms with Gasteiger partial charge in [0, 0.05) is 37.1 Å². The average Bonchev–Trinajstić information content (AvgIpc) is 2.55. The van der Waals surface area contributed by atoms with Crippen molar-refractivity contribution in [2.24, 2.45) is 0 Å². The molecular formula is C18H23N3O2. The molecule has 1 unspecified atom stereocenters. The first-order chi connectivity index (χ1) is 10.9. The minimum Gasteiger partial charge on any atom is -0.495 e. The Balaban J connectivity index is 2.26. The highest BCUT2D eigenvalue weighted by atomic mass is 16.5. The van der Waals surface area contributed by atoms with Gasteiger partial charge in [0.15, 0.2) is 0 Å². The van der Waals surface area contributed by atoms with Gasteiger partial charge in [-0.25, -0.2) is 0 Å². The van der Waals surface area contributed by atoms with Crippen molar-refractivity contribution in [1.82, 2.24) is 9.88 Å². The fourth-order valence-electron chi connectivity index (χ4n) is 2.43. The molecule has 2 aromatic rings. The van der Waals surface area contributed by atoms with Crippen molar-refractivity contribution in [2.75, 3.05) is 26.5 Å². The van der Waals surface area contributed by atoms with E-state index in [9.17, 15) is 4.79 Å². The number of nitrogens with one attached hydrogen (secondary N) is 1. The number of ether oxygens (including phenoxy) is 1. The van der Waals surface area contributed by atoms with Crippen LogP contribution in [-0.2, 0) is 0 Å². The Labute approximate surface area is 137 Å². The SMILES string of the molecule is COc1cnccc1C(C)Nc1ccc(C)c(C(=O)N(C)C)c1. The second-order valence-electron chi connectivity index (χ2n) is 5.71. The molecule has 1 amide bonds. The summed E-state index contributed by atoms with van der Waals surface area (Å²) in [6, 6.07) is 7.78. The fraction of sp³-hybridized carbons (Fsp3) is 0.333. The Hall–Kier alpha value is -2.56. The summed E-state index contributed by atoms with van der Waals surface area (Å²) in [5, 5.41) is 3.42. The molecule has 1 heterocycles. The molecule has 0 spiro atoms. The molecule has 0 fully saturated rings. The third kappa shape index (κ3) is 3.80. The highest BCUT2D eigenvalue weighted by Crippen LogP contribution is 2.27. The standard InChI is InChI=1S/C18H23N3O2/c1-12-6-7-14(10-16(12)18(22)21(3)4)20-13(2)15-8-9-19-11-17(15)23-5/h6-11,13,20H,1-5H3. The molecular weight excluding hydrogens is 290 g/mol. The summed E-state index contributed by atoms with van der Waals surface area (Å²) in [7, 11) is 5.14. The number of carbonyl (C=O) groups is 1. The van der Waals surface area contributed by atoms with Gasteiger partial charge in [0.2, 0.25) is 0 Å². The van der Waals surface area contributed by atoms with Crippen molar-refractivity contribution >= 4 is 11.6 Å². The van der Waals surface area contributed by atoms with Crippen LogP contribution in [-0.4, -0.2) is 37.0 Å². The number of pyridine rings is 1. The van der Waals surface area contributed by atoms with E-state index in [0.717, 1.165) is 22.6 Å². The van der Waals surface area contributed by atoms with E-state index in [1.54, 1.807) is 38.5 Å². The Bertz CT molecular complexity index is 698. The van der Waals surface area contributed by atoms with Crippen LogP contribution in [0.4, 0.5) is 5.69 Å². The first kappa shape index (κ1) is 16.8. The molecule has 122 valence electrons. The zero-order valence-electron chi connectivity index (χ0n) is 14.3. The lowest BCUT2D eigenvalue weighted by Crippen LogP contribution is -2.22. The van der Waals surface area contributed by atoms with Crippen LogP contribution in [0.3, 0.4) is 0 Å². The summed E-state index contributed by atoms with van der Waals surface area (Å²) in [6.45, 7) is 3.99. The molecule has 0 saturated heterocycles. The maximum absolute atomic E-state index is 12.2. The van der Waals surface area contributed by atoms with Crippen LogP contribution in [0.2, 0.25) is 0 Å². The molecule has 5 heteroatoms. The zero-order chi connectivity index (χ0) is 17.0. The van der Waals surface area contributed by atoms with Crippen LogP contribution in [0.15, 0.2) is 36.7 Å². The molecule has 0 bridgehead atoms. The highest BCUT2D eigenvalue weighted by Gasteiger charge is 2.14. The van der Waals surface area contributed by atoms with Crippen molar-refractivity contribution in [3.63, 3.8) is 0 Å². The molecule has 0 aliphatic heterocycles. The number of rotatable bonds is 5. The van der Waals surface area contributed by atoms with Gasteiger partial charge >= 0.3 is 0 Å². The number of nitrogens with zero attached hydrogens (tertiary/aromatic N) is 2. The molecule has 2 rings (SSSR count). The van der Waals surface area contributed by atoms with Gasteiger partial charge in [0.25, 0.3) is 5.91 Å². The number of amides is 1. The van der Waals surface area contributed by atoms with Crippen LogP contribution >= 0.6 is 0 Å². The zero-order valence-corrected chi connectivity index (χ0v) is 14.3. The Morgan fingerprint density at radius 1 is 1.30 bits per heavy atom. The van der Waals surface area contributed by atoms with E-state index >= 15 is 0 Å². The van der Waals surface area contributed by atoms with Gasteiger partial charge in [0.1, 0.15) is 5.75 Å². The van der Waals surface area contributed by atoms with Crippen molar-refractivity contribution in [1.29, 1.82) is 0 Å². The number of hydrogen-bond acceptors (Lipinski definition) is 4. The molecule has 0 aliphatic rings. The van der Waals surface area contributed by atoms with E-state index in [1.165, 1.54) is 0 Å². The van der Waals surface area contributed by atoms with Crippen molar-refractivity contribution < 1.29 is 9.53 Å². The van der Waals surface area contributed by atoms with E-state index in [0.29, 0.717) is 5.56 Å². The van der Waals surface area contributed by atoms with Gasteiger partial charge in [0.05, 0.1) is 19.3 Å². The molecule has 0 radical (unpaired) electrons. The lowest BCUT2D eigenvalue weighted by atomic mass is 10.0. The van der Waals surface area contributed by atoms with Gasteiger partial charge in [-0.15, -0.1) is 0 Å². The largest absolute Gasteiger partial charge is 0.495 e. The molecule has 1 atom stereocenters. The number of methoxy groups -OCH3 is 1. The maximum atomic E-state index is 12.2. The van der Waals surface area contributed by atoms with Gasteiger partial charge < -0.3 is 15.0 Å². The van der Waals surface area contributed by atoms with Crippen molar-refractivity contribution in [3.8, 4) is 5.75 Å². The van der Waals surface area contributed by atoms with Crippen LogP contribution in [0.1, 0.15) is 34.5 Å². The van der Waals surface area contributed by atoms with E-state index in [1.807, 2.05) is 38.1 Å². The first-order valence-electron chi connectivity index (χ1n) is 7.50. The minimum absolute atomic E-state index is 0.000273. The second-order valence-corrected chi connectivity index (χ2v) is 5.71. The van der Waals surface area contributed by atoms with Gasteiger partial charge in [-0.3, -0.25) is 9.78 Å². The molecule has 23 heavy (non-hydrogen) atoms. The van der Waals surface area contributed by atoms with E-state index in [2.05, 4.69) is 10.3 Å². The van der Waals surface area contributed by atoms with E-state index in [4.69, 9.17) is 4.74 Å². The number of benzene rings is 1. The number of carbonyl (C=O) groups excluding carboxylic acids is 1. The van der Waals surface area contributed by atoms with Crippen molar-refractivity contribution in [3.05, 3.63) is 53.3 Å². The predicted molar refractivity (Wildman–Crippen MR) is 92.0 cm³/mol. The third-order valence-corrected chi connectivity index (χ3v) is 3.76. The van der Waals surface area contributed by atoms with E-state index < -0.39 is 0 Å². The Kier molecular flexibility index (Phi) is 5.21. The van der Waals surface area contributed by atoms with Crippen LogP contribution < -0.4 is 10.1 Å². The average molecular weight is 313 g/mol. The van der Waals surface area contributed by atoms with Crippen LogP contribution in [0, 0.1) is 6.92 Å². The fourth-order valence-corrected chi connectivity index (χ4v) is 2.43. The van der Waals surface area contributed by atoms with Crippen molar-refractivity contribution in [2.45, 2.75) is 19.9 Å². The predicted octanol–water partition coefficient (Wildman–Crippen LogP) is 3.27. The monoisotopic (exact) mass is 313 g/mol. The summed E-state index contributed by atoms with van der Waals surface area (Å²) in [6.07, 6.45) is 3.44. The Morgan fingerprint density at radius 3 is 2.70 bits per heavy atom. The number of anilines is 1. The second kappa shape index (κ2) is 7.13. The molecule has 1 aromatic carbocycles. The smallest absolute Gasteiger partial charge is 0.253 e. The first-order valence-corrected chi connectivity index (χ1v) is 7.50. The number of aromatic nitrogens is 1. The minimum atomic E-state index is 0.000273. The van der Waals surface area contributed by atoms with Gasteiger partial charge in [-0.05, 0) is 37.6 Å². The van der Waals surface area contributed by atoms with Gasteiger partial charge in [-0.1, -0.05) is 6.07 Å². The summed E-state index contributed by atoms with van der Waals surface area (Å²) < 4.78 is 5.35. The topological polar surface area (TPSA) is 54.5 Å². The summed E-state index contributed by atoms with van der Waals surface area (Å²) in [4.78, 5) is 17.9. The summed E-state index contributed by atoms with van der Waals surface area (Å²) >= 11 is 0. The lowest BCUT2D eigenvalue weighted by Gasteiger charge is -2.19. The quantitative estimate of drug-likeness (QED) is 0.920. The molecule has 1 aromatic heterocycles. The number of aryl methyl sites for hydroxylation is 1. The van der Waals surface area contributed by atoms with Crippen LogP contribution in [0.5, 0.6) is 5.75 Å². The number of hydrogen-bond donors (Lipinski definition) is 1.